The molecular formula is C18H29N5O2. The highest BCUT2D eigenvalue weighted by Gasteiger charge is 2.29. The minimum Gasteiger partial charge on any atom is -0.367 e. The molecule has 1 aromatic rings. The van der Waals surface area contributed by atoms with Crippen LogP contribution in [0, 0.1) is 6.92 Å². The number of nitrogens with zero attached hydrogens (tertiary/aromatic N) is 5. The first kappa shape index (κ1) is 18.2. The summed E-state index contributed by atoms with van der Waals surface area (Å²) in [6, 6.07) is 2.44. The molecule has 0 aromatic carbocycles. The summed E-state index contributed by atoms with van der Waals surface area (Å²) in [7, 11) is 0. The van der Waals surface area contributed by atoms with E-state index >= 15 is 0 Å². The number of aromatic nitrogens is 2. The fraction of sp³-hybridized carbons (Fsp3) is 0.722. The highest BCUT2D eigenvalue weighted by atomic mass is 16.5. The van der Waals surface area contributed by atoms with Crippen LogP contribution in [0.2, 0.25) is 0 Å². The Morgan fingerprint density at radius 3 is 2.72 bits per heavy atom. The van der Waals surface area contributed by atoms with Crippen LogP contribution >= 0.6 is 0 Å². The van der Waals surface area contributed by atoms with E-state index < -0.39 is 0 Å². The minimum absolute atomic E-state index is 0.180. The van der Waals surface area contributed by atoms with Gasteiger partial charge in [0.25, 0.3) is 0 Å². The zero-order valence-electron chi connectivity index (χ0n) is 15.5. The molecular weight excluding hydrogens is 318 g/mol. The summed E-state index contributed by atoms with van der Waals surface area (Å²) >= 11 is 0. The Balaban J connectivity index is 1.52. The van der Waals surface area contributed by atoms with Crippen molar-refractivity contribution in [3.05, 3.63) is 23.8 Å². The zero-order valence-corrected chi connectivity index (χ0v) is 15.5. The van der Waals surface area contributed by atoms with E-state index in [1.807, 2.05) is 17.9 Å². The van der Waals surface area contributed by atoms with Crippen LogP contribution < -0.4 is 0 Å². The van der Waals surface area contributed by atoms with Gasteiger partial charge in [0.2, 0.25) is 5.91 Å². The molecule has 0 aliphatic carbocycles. The first-order valence-electron chi connectivity index (χ1n) is 9.18. The molecule has 3 heterocycles. The molecule has 2 saturated heterocycles. The Hall–Kier alpha value is -1.57. The van der Waals surface area contributed by atoms with E-state index in [1.54, 1.807) is 6.20 Å². The van der Waals surface area contributed by atoms with Crippen LogP contribution in [0.5, 0.6) is 0 Å². The van der Waals surface area contributed by atoms with E-state index in [-0.39, 0.29) is 12.0 Å². The molecule has 1 unspecified atom stereocenters. The summed E-state index contributed by atoms with van der Waals surface area (Å²) in [5.74, 6) is 0.849. The van der Waals surface area contributed by atoms with Gasteiger partial charge in [-0.1, -0.05) is 0 Å². The van der Waals surface area contributed by atoms with Gasteiger partial charge in [0.1, 0.15) is 6.10 Å². The van der Waals surface area contributed by atoms with Crippen LogP contribution in [-0.4, -0.2) is 89.0 Å². The van der Waals surface area contributed by atoms with Gasteiger partial charge < -0.3 is 9.64 Å². The third-order valence-corrected chi connectivity index (χ3v) is 5.02. The fourth-order valence-corrected chi connectivity index (χ4v) is 3.38. The molecule has 7 heteroatoms. The molecule has 2 aliphatic rings. The average molecular weight is 347 g/mol. The topological polar surface area (TPSA) is 61.8 Å². The van der Waals surface area contributed by atoms with Gasteiger partial charge in [-0.15, -0.1) is 0 Å². The first-order valence-corrected chi connectivity index (χ1v) is 9.18. The Morgan fingerprint density at radius 1 is 1.28 bits per heavy atom. The number of rotatable bonds is 4. The lowest BCUT2D eigenvalue weighted by molar-refractivity contribution is -0.141. The number of piperazine rings is 1. The normalized spacial score (nSPS) is 23.2. The number of hydrogen-bond donors (Lipinski definition) is 0. The maximum Gasteiger partial charge on any atom is 0.236 e. The van der Waals surface area contributed by atoms with Gasteiger partial charge in [-0.05, 0) is 26.8 Å². The quantitative estimate of drug-likeness (QED) is 0.799. The maximum absolute atomic E-state index is 12.7. The standard InChI is InChI=1S/C18H29N5O2/c1-14(2)22-8-6-21(7-9-22)13-17(24)23-10-11-25-16(12-23)18-19-5-4-15(3)20-18/h4-5,14,16H,6-13H2,1-3H3. The lowest BCUT2D eigenvalue weighted by atomic mass is 10.2. The van der Waals surface area contributed by atoms with E-state index in [1.165, 1.54) is 0 Å². The number of hydrogen-bond acceptors (Lipinski definition) is 6. The monoisotopic (exact) mass is 347 g/mol. The van der Waals surface area contributed by atoms with Gasteiger partial charge in [-0.3, -0.25) is 14.6 Å². The van der Waals surface area contributed by atoms with Crippen LogP contribution in [0.3, 0.4) is 0 Å². The smallest absolute Gasteiger partial charge is 0.236 e. The van der Waals surface area contributed by atoms with Crippen molar-refractivity contribution in [1.82, 2.24) is 24.7 Å². The van der Waals surface area contributed by atoms with Gasteiger partial charge in [-0.2, -0.15) is 0 Å². The molecule has 0 N–H and O–H groups in total. The third kappa shape index (κ3) is 4.74. The third-order valence-electron chi connectivity index (χ3n) is 5.02. The number of morpholine rings is 1. The van der Waals surface area contributed by atoms with Crippen molar-refractivity contribution in [3.63, 3.8) is 0 Å². The lowest BCUT2D eigenvalue weighted by Crippen LogP contribution is -2.53. The van der Waals surface area contributed by atoms with Gasteiger partial charge in [0.05, 0.1) is 19.7 Å². The molecule has 0 saturated carbocycles. The number of ether oxygens (including phenoxy) is 1. The summed E-state index contributed by atoms with van der Waals surface area (Å²) in [5.41, 5.74) is 0.917. The zero-order chi connectivity index (χ0) is 17.8. The van der Waals surface area contributed by atoms with Crippen LogP contribution in [0.15, 0.2) is 12.3 Å². The van der Waals surface area contributed by atoms with Gasteiger partial charge in [-0.25, -0.2) is 9.97 Å². The predicted molar refractivity (Wildman–Crippen MR) is 95.2 cm³/mol. The van der Waals surface area contributed by atoms with Crippen molar-refractivity contribution in [2.45, 2.75) is 32.9 Å². The molecule has 25 heavy (non-hydrogen) atoms. The molecule has 7 nitrogen and oxygen atoms in total. The van der Waals surface area contributed by atoms with E-state index in [2.05, 4.69) is 33.6 Å². The van der Waals surface area contributed by atoms with E-state index in [9.17, 15) is 4.79 Å². The Morgan fingerprint density at radius 2 is 2.04 bits per heavy atom. The summed E-state index contributed by atoms with van der Waals surface area (Å²) < 4.78 is 5.79. The second-order valence-corrected chi connectivity index (χ2v) is 7.16. The van der Waals surface area contributed by atoms with E-state index in [0.29, 0.717) is 38.1 Å². The SMILES string of the molecule is Cc1ccnc(C2CN(C(=O)CN3CCN(C(C)C)CC3)CCO2)n1. The fourth-order valence-electron chi connectivity index (χ4n) is 3.38. The molecule has 1 atom stereocenters. The molecule has 138 valence electrons. The van der Waals surface area contributed by atoms with E-state index in [4.69, 9.17) is 4.74 Å². The van der Waals surface area contributed by atoms with Gasteiger partial charge in [0, 0.05) is 50.7 Å². The van der Waals surface area contributed by atoms with Crippen molar-refractivity contribution in [2.24, 2.45) is 0 Å². The predicted octanol–water partition coefficient (Wildman–Crippen LogP) is 0.711. The molecule has 1 amide bonds. The second-order valence-electron chi connectivity index (χ2n) is 7.16. The summed E-state index contributed by atoms with van der Waals surface area (Å²) in [6.45, 7) is 12.6. The Labute approximate surface area is 150 Å². The number of amides is 1. The highest BCUT2D eigenvalue weighted by Crippen LogP contribution is 2.19. The molecule has 1 aromatic heterocycles. The van der Waals surface area contributed by atoms with E-state index in [0.717, 1.165) is 31.9 Å². The summed E-state index contributed by atoms with van der Waals surface area (Å²) in [6.07, 6.45) is 1.52. The van der Waals surface area contributed by atoms with Crippen LogP contribution in [-0.2, 0) is 9.53 Å². The Bertz CT molecular complexity index is 587. The van der Waals surface area contributed by atoms with Crippen LogP contribution in [0.1, 0.15) is 31.5 Å². The maximum atomic E-state index is 12.7. The Kier molecular flexibility index (Phi) is 5.98. The molecule has 2 fully saturated rings. The van der Waals surface area contributed by atoms with Crippen molar-refractivity contribution in [1.29, 1.82) is 0 Å². The van der Waals surface area contributed by atoms with Crippen LogP contribution in [0.25, 0.3) is 0 Å². The molecule has 0 radical (unpaired) electrons. The number of carbonyl (C=O) groups is 1. The summed E-state index contributed by atoms with van der Waals surface area (Å²) in [4.78, 5) is 28.1. The number of aryl methyl sites for hydroxylation is 1. The second kappa shape index (κ2) is 8.21. The van der Waals surface area contributed by atoms with Gasteiger partial charge in [0.15, 0.2) is 5.82 Å². The van der Waals surface area contributed by atoms with Crippen molar-refractivity contribution < 1.29 is 9.53 Å². The molecule has 2 aliphatic heterocycles. The largest absolute Gasteiger partial charge is 0.367 e. The molecule has 0 spiro atoms. The summed E-state index contributed by atoms with van der Waals surface area (Å²) in [5, 5.41) is 0. The highest BCUT2D eigenvalue weighted by molar-refractivity contribution is 5.78. The minimum atomic E-state index is -0.226. The first-order chi connectivity index (χ1) is 12.0. The lowest BCUT2D eigenvalue weighted by Gasteiger charge is -2.38. The number of carbonyl (C=O) groups excluding carboxylic acids is 1. The van der Waals surface area contributed by atoms with Crippen molar-refractivity contribution in [2.75, 3.05) is 52.4 Å². The van der Waals surface area contributed by atoms with Crippen molar-refractivity contribution in [3.8, 4) is 0 Å². The van der Waals surface area contributed by atoms with Gasteiger partial charge >= 0.3 is 0 Å². The molecule has 3 rings (SSSR count). The van der Waals surface area contributed by atoms with Crippen LogP contribution in [0.4, 0.5) is 0 Å². The van der Waals surface area contributed by atoms with Crippen molar-refractivity contribution >= 4 is 5.91 Å². The average Bonchev–Trinajstić information content (AvgIpc) is 2.62. The molecule has 0 bridgehead atoms.